The number of aromatic nitrogens is 3. The molecular weight excluding hydrogens is 509 g/mol. The first-order valence-electron chi connectivity index (χ1n) is 10.4. The van der Waals surface area contributed by atoms with Gasteiger partial charge in [0.15, 0.2) is 11.6 Å². The average molecular weight is 527 g/mol. The number of carbonyl (C=O) groups is 2. The van der Waals surface area contributed by atoms with E-state index in [9.17, 15) is 31.5 Å². The fourth-order valence-electron chi connectivity index (χ4n) is 3.42. The van der Waals surface area contributed by atoms with Gasteiger partial charge in [0, 0.05) is 24.8 Å². The molecule has 1 aliphatic heterocycles. The van der Waals surface area contributed by atoms with Gasteiger partial charge in [-0.1, -0.05) is 0 Å². The standard InChI is InChI=1S/C21H18F5N7O2S/c1-10-17(19(35)29-11-2-3-13(22)14(23)4-11)20(36-32-10)31-16-6-27-15(5-28-16)18(34)30-12-7-33(8-12)9-21(24,25)26/h2-6,12H,7-9H2,1H3,(H,28,31)(H,29,35)(H,30,34). The van der Waals surface area contributed by atoms with Crippen LogP contribution >= 0.6 is 11.5 Å². The number of benzene rings is 1. The molecule has 1 saturated heterocycles. The molecule has 0 radical (unpaired) electrons. The number of nitrogens with zero attached hydrogens (tertiary/aromatic N) is 4. The summed E-state index contributed by atoms with van der Waals surface area (Å²) < 4.78 is 67.8. The van der Waals surface area contributed by atoms with E-state index in [2.05, 4.69) is 30.3 Å². The fraction of sp³-hybridized carbons (Fsp3) is 0.286. The number of alkyl halides is 3. The number of likely N-dealkylation sites (tertiary alicyclic amines) is 1. The zero-order chi connectivity index (χ0) is 26.0. The van der Waals surface area contributed by atoms with Gasteiger partial charge in [-0.05, 0) is 30.6 Å². The van der Waals surface area contributed by atoms with Gasteiger partial charge >= 0.3 is 6.18 Å². The second-order valence-corrected chi connectivity index (χ2v) is 8.72. The third kappa shape index (κ3) is 6.09. The summed E-state index contributed by atoms with van der Waals surface area (Å²) in [6, 6.07) is 2.53. The van der Waals surface area contributed by atoms with Gasteiger partial charge in [0.05, 0.1) is 36.2 Å². The highest BCUT2D eigenvalue weighted by molar-refractivity contribution is 7.10. The third-order valence-corrected chi connectivity index (χ3v) is 5.94. The number of hydrogen-bond donors (Lipinski definition) is 3. The van der Waals surface area contributed by atoms with E-state index in [1.54, 1.807) is 6.92 Å². The van der Waals surface area contributed by atoms with E-state index in [1.807, 2.05) is 0 Å². The highest BCUT2D eigenvalue weighted by atomic mass is 32.1. The van der Waals surface area contributed by atoms with E-state index < -0.39 is 42.2 Å². The first-order valence-corrected chi connectivity index (χ1v) is 11.2. The Labute approximate surface area is 204 Å². The molecule has 1 fully saturated rings. The van der Waals surface area contributed by atoms with E-state index in [1.165, 1.54) is 23.4 Å². The average Bonchev–Trinajstić information content (AvgIpc) is 3.14. The topological polar surface area (TPSA) is 112 Å². The number of halogens is 5. The van der Waals surface area contributed by atoms with Gasteiger partial charge in [-0.15, -0.1) is 0 Å². The van der Waals surface area contributed by atoms with Crippen LogP contribution in [0.3, 0.4) is 0 Å². The van der Waals surface area contributed by atoms with Crippen molar-refractivity contribution in [2.75, 3.05) is 30.3 Å². The van der Waals surface area contributed by atoms with Crippen molar-refractivity contribution in [3.8, 4) is 0 Å². The van der Waals surface area contributed by atoms with Crippen LogP contribution in [0.2, 0.25) is 0 Å². The highest BCUT2D eigenvalue weighted by Crippen LogP contribution is 2.28. The Morgan fingerprint density at radius 3 is 2.50 bits per heavy atom. The first-order chi connectivity index (χ1) is 17.0. The zero-order valence-electron chi connectivity index (χ0n) is 18.5. The van der Waals surface area contributed by atoms with Crippen LogP contribution in [0.1, 0.15) is 26.5 Å². The van der Waals surface area contributed by atoms with Crippen LogP contribution in [0, 0.1) is 18.6 Å². The Morgan fingerprint density at radius 1 is 1.11 bits per heavy atom. The van der Waals surface area contributed by atoms with Gasteiger partial charge in [0.25, 0.3) is 11.8 Å². The first kappa shape index (κ1) is 25.4. The van der Waals surface area contributed by atoms with Crippen molar-refractivity contribution in [2.45, 2.75) is 19.1 Å². The molecule has 1 aromatic carbocycles. The molecule has 190 valence electrons. The molecule has 1 aliphatic rings. The van der Waals surface area contributed by atoms with Gasteiger partial charge < -0.3 is 16.0 Å². The van der Waals surface area contributed by atoms with Gasteiger partial charge in [-0.3, -0.25) is 14.5 Å². The second kappa shape index (κ2) is 10.1. The minimum Gasteiger partial charge on any atom is -0.345 e. The maximum absolute atomic E-state index is 13.4. The van der Waals surface area contributed by atoms with Crippen LogP contribution in [0.15, 0.2) is 30.6 Å². The number of hydrogen-bond acceptors (Lipinski definition) is 8. The van der Waals surface area contributed by atoms with Crippen LogP contribution < -0.4 is 16.0 Å². The Hall–Kier alpha value is -3.72. The van der Waals surface area contributed by atoms with Crippen molar-refractivity contribution in [1.29, 1.82) is 0 Å². The highest BCUT2D eigenvalue weighted by Gasteiger charge is 2.37. The zero-order valence-corrected chi connectivity index (χ0v) is 19.3. The summed E-state index contributed by atoms with van der Waals surface area (Å²) in [4.78, 5) is 34.3. The van der Waals surface area contributed by atoms with E-state index in [0.717, 1.165) is 23.7 Å². The van der Waals surface area contributed by atoms with E-state index in [4.69, 9.17) is 0 Å². The predicted molar refractivity (Wildman–Crippen MR) is 120 cm³/mol. The molecule has 0 atom stereocenters. The summed E-state index contributed by atoms with van der Waals surface area (Å²) in [5.74, 6) is -3.15. The van der Waals surface area contributed by atoms with Gasteiger partial charge in [0.2, 0.25) is 0 Å². The Kier molecular flexibility index (Phi) is 7.12. The van der Waals surface area contributed by atoms with E-state index in [0.29, 0.717) is 10.7 Å². The molecule has 3 heterocycles. The van der Waals surface area contributed by atoms with Gasteiger partial charge in [-0.25, -0.2) is 18.7 Å². The molecule has 0 aliphatic carbocycles. The summed E-state index contributed by atoms with van der Waals surface area (Å²) in [6.45, 7) is 0.728. The lowest BCUT2D eigenvalue weighted by atomic mass is 10.1. The Bertz CT molecular complexity index is 1280. The number of anilines is 3. The van der Waals surface area contributed by atoms with E-state index >= 15 is 0 Å². The quantitative estimate of drug-likeness (QED) is 0.404. The van der Waals surface area contributed by atoms with Crippen molar-refractivity contribution in [2.24, 2.45) is 0 Å². The van der Waals surface area contributed by atoms with Crippen molar-refractivity contribution in [3.63, 3.8) is 0 Å². The van der Waals surface area contributed by atoms with Crippen LogP contribution in [0.4, 0.5) is 38.5 Å². The van der Waals surface area contributed by atoms with Crippen LogP contribution in [-0.4, -0.2) is 62.9 Å². The molecule has 36 heavy (non-hydrogen) atoms. The molecule has 3 aromatic rings. The largest absolute Gasteiger partial charge is 0.401 e. The molecular formula is C21H18F5N7O2S. The van der Waals surface area contributed by atoms with Crippen molar-refractivity contribution in [1.82, 2.24) is 24.6 Å². The molecule has 2 amide bonds. The molecule has 0 saturated carbocycles. The third-order valence-electron chi connectivity index (χ3n) is 5.09. The molecule has 0 bridgehead atoms. The molecule has 9 nitrogen and oxygen atoms in total. The number of amides is 2. The molecule has 0 spiro atoms. The maximum atomic E-state index is 13.4. The number of nitrogens with one attached hydrogen (secondary N) is 3. The lowest BCUT2D eigenvalue weighted by Gasteiger charge is -2.39. The minimum absolute atomic E-state index is 0.0355. The smallest absolute Gasteiger partial charge is 0.345 e. The monoisotopic (exact) mass is 527 g/mol. The van der Waals surface area contributed by atoms with Crippen molar-refractivity contribution in [3.05, 3.63) is 59.2 Å². The van der Waals surface area contributed by atoms with Crippen molar-refractivity contribution < 1.29 is 31.5 Å². The Morgan fingerprint density at radius 2 is 1.86 bits per heavy atom. The summed E-state index contributed by atoms with van der Waals surface area (Å²) in [6.07, 6.45) is -1.87. The van der Waals surface area contributed by atoms with Crippen LogP contribution in [0.25, 0.3) is 0 Å². The second-order valence-electron chi connectivity index (χ2n) is 7.95. The van der Waals surface area contributed by atoms with Crippen LogP contribution in [0.5, 0.6) is 0 Å². The molecule has 15 heteroatoms. The number of aryl methyl sites for hydroxylation is 1. The van der Waals surface area contributed by atoms with Crippen LogP contribution in [-0.2, 0) is 0 Å². The summed E-state index contributed by atoms with van der Waals surface area (Å²) in [5, 5.41) is 8.25. The molecule has 0 unspecified atom stereocenters. The fourth-order valence-corrected chi connectivity index (χ4v) is 4.22. The minimum atomic E-state index is -4.29. The SMILES string of the molecule is Cc1nsc(Nc2cnc(C(=O)NC3CN(CC(F)(F)F)C3)cn2)c1C(=O)Nc1ccc(F)c(F)c1. The Balaban J connectivity index is 1.36. The summed E-state index contributed by atoms with van der Waals surface area (Å²) >= 11 is 0.961. The van der Waals surface area contributed by atoms with Gasteiger partial charge in [-0.2, -0.15) is 17.5 Å². The predicted octanol–water partition coefficient (Wildman–Crippen LogP) is 3.49. The maximum Gasteiger partial charge on any atom is 0.401 e. The van der Waals surface area contributed by atoms with Crippen molar-refractivity contribution >= 4 is 39.9 Å². The summed E-state index contributed by atoms with van der Waals surface area (Å²) in [5.41, 5.74) is 0.554. The molecule has 4 rings (SSSR count). The molecule has 3 N–H and O–H groups in total. The molecule has 2 aromatic heterocycles. The van der Waals surface area contributed by atoms with Gasteiger partial charge in [0.1, 0.15) is 16.5 Å². The summed E-state index contributed by atoms with van der Waals surface area (Å²) in [7, 11) is 0. The lowest BCUT2D eigenvalue weighted by Crippen LogP contribution is -2.61. The van der Waals surface area contributed by atoms with E-state index in [-0.39, 0.29) is 35.9 Å². The number of carbonyl (C=O) groups excluding carboxylic acids is 2. The normalized spacial score (nSPS) is 14.3. The lowest BCUT2D eigenvalue weighted by molar-refractivity contribution is -0.155. The number of rotatable bonds is 7.